The molecule has 4 nitrogen and oxygen atoms in total. The number of furan rings is 1. The largest absolute Gasteiger partial charge is 0.469 e. The Morgan fingerprint density at radius 1 is 1.70 bits per heavy atom. The van der Waals surface area contributed by atoms with Gasteiger partial charge in [0.15, 0.2) is 0 Å². The first-order valence-electron chi connectivity index (χ1n) is 2.96. The van der Waals surface area contributed by atoms with Gasteiger partial charge in [0.2, 0.25) is 0 Å². The number of nitrogens with zero attached hydrogens (tertiary/aromatic N) is 3. The molecule has 0 aromatic carbocycles. The van der Waals surface area contributed by atoms with Crippen LogP contribution >= 0.6 is 0 Å². The van der Waals surface area contributed by atoms with E-state index in [0.29, 0.717) is 13.0 Å². The van der Waals surface area contributed by atoms with Crippen LogP contribution in [-0.2, 0) is 6.42 Å². The van der Waals surface area contributed by atoms with E-state index < -0.39 is 0 Å². The minimum atomic E-state index is 0.462. The molecule has 0 aliphatic carbocycles. The van der Waals surface area contributed by atoms with Gasteiger partial charge in [-0.2, -0.15) is 0 Å². The molecular formula is C6H7N3O. The molecule has 1 heterocycles. The fourth-order valence-corrected chi connectivity index (χ4v) is 0.660. The smallest absolute Gasteiger partial charge is 0.103 e. The van der Waals surface area contributed by atoms with Crippen molar-refractivity contribution < 1.29 is 4.42 Å². The van der Waals surface area contributed by atoms with Gasteiger partial charge >= 0.3 is 0 Å². The maximum absolute atomic E-state index is 7.92. The lowest BCUT2D eigenvalue weighted by atomic mass is 10.3. The minimum absolute atomic E-state index is 0.462. The summed E-state index contributed by atoms with van der Waals surface area (Å²) in [6.07, 6.45) is 2.28. The predicted molar refractivity (Wildman–Crippen MR) is 36.4 cm³/mol. The molecule has 0 spiro atoms. The first-order valence-corrected chi connectivity index (χ1v) is 2.96. The van der Waals surface area contributed by atoms with Crippen molar-refractivity contribution in [1.82, 2.24) is 0 Å². The van der Waals surface area contributed by atoms with Crippen molar-refractivity contribution >= 4 is 0 Å². The van der Waals surface area contributed by atoms with Crippen LogP contribution < -0.4 is 0 Å². The number of hydrogen-bond acceptors (Lipinski definition) is 2. The monoisotopic (exact) mass is 137 g/mol. The predicted octanol–water partition coefficient (Wildman–Crippen LogP) is 2.13. The van der Waals surface area contributed by atoms with Crippen molar-refractivity contribution in [3.05, 3.63) is 34.6 Å². The summed E-state index contributed by atoms with van der Waals surface area (Å²) in [4.78, 5) is 2.62. The van der Waals surface area contributed by atoms with E-state index in [-0.39, 0.29) is 0 Å². The topological polar surface area (TPSA) is 61.9 Å². The normalized spacial score (nSPS) is 8.80. The summed E-state index contributed by atoms with van der Waals surface area (Å²) in [5, 5.41) is 3.37. The molecule has 0 saturated heterocycles. The van der Waals surface area contributed by atoms with Gasteiger partial charge in [0.05, 0.1) is 6.26 Å². The molecule has 0 amide bonds. The molecule has 1 aromatic rings. The second-order valence-corrected chi connectivity index (χ2v) is 1.78. The third kappa shape index (κ3) is 1.84. The molecule has 0 saturated carbocycles. The van der Waals surface area contributed by atoms with Gasteiger partial charge in [-0.15, -0.1) is 0 Å². The molecule has 0 atom stereocenters. The third-order valence-electron chi connectivity index (χ3n) is 1.10. The van der Waals surface area contributed by atoms with Crippen LogP contribution in [0, 0.1) is 0 Å². The summed E-state index contributed by atoms with van der Waals surface area (Å²) in [5.41, 5.74) is 7.92. The molecule has 0 fully saturated rings. The van der Waals surface area contributed by atoms with Gasteiger partial charge in [0.1, 0.15) is 5.76 Å². The van der Waals surface area contributed by atoms with E-state index in [1.165, 1.54) is 0 Å². The number of rotatable bonds is 3. The first kappa shape index (κ1) is 6.71. The summed E-state index contributed by atoms with van der Waals surface area (Å²) in [6.45, 7) is 0.462. The van der Waals surface area contributed by atoms with Crippen LogP contribution in [0.4, 0.5) is 0 Å². The van der Waals surface area contributed by atoms with Gasteiger partial charge in [-0.1, -0.05) is 5.11 Å². The molecule has 0 bridgehead atoms. The first-order chi connectivity index (χ1) is 4.93. The van der Waals surface area contributed by atoms with Crippen LogP contribution in [-0.4, -0.2) is 6.54 Å². The Hall–Kier alpha value is -1.41. The number of azide groups is 1. The highest BCUT2D eigenvalue weighted by Crippen LogP contribution is 2.00. The summed E-state index contributed by atoms with van der Waals surface area (Å²) in [7, 11) is 0. The Morgan fingerprint density at radius 3 is 3.20 bits per heavy atom. The minimum Gasteiger partial charge on any atom is -0.469 e. The highest BCUT2D eigenvalue weighted by atomic mass is 16.3. The fraction of sp³-hybridized carbons (Fsp3) is 0.333. The Kier molecular flexibility index (Phi) is 2.40. The molecule has 4 heteroatoms. The van der Waals surface area contributed by atoms with Crippen molar-refractivity contribution in [3.8, 4) is 0 Å². The SMILES string of the molecule is [N-]=[N+]=NCCc1ccco1. The van der Waals surface area contributed by atoms with E-state index in [9.17, 15) is 0 Å². The molecule has 0 aliphatic heterocycles. The van der Waals surface area contributed by atoms with Gasteiger partial charge in [-0.05, 0) is 17.7 Å². The van der Waals surface area contributed by atoms with E-state index in [2.05, 4.69) is 10.0 Å². The van der Waals surface area contributed by atoms with Gasteiger partial charge in [-0.25, -0.2) is 0 Å². The summed E-state index contributed by atoms with van der Waals surface area (Å²) in [6, 6.07) is 3.66. The van der Waals surface area contributed by atoms with Crippen molar-refractivity contribution in [3.63, 3.8) is 0 Å². The molecule has 0 aliphatic rings. The average Bonchev–Trinajstić information content (AvgIpc) is 2.41. The zero-order valence-electron chi connectivity index (χ0n) is 5.40. The van der Waals surface area contributed by atoms with Gasteiger partial charge in [0.25, 0.3) is 0 Å². The van der Waals surface area contributed by atoms with E-state index in [4.69, 9.17) is 9.95 Å². The second-order valence-electron chi connectivity index (χ2n) is 1.78. The van der Waals surface area contributed by atoms with Crippen LogP contribution in [0.25, 0.3) is 10.4 Å². The van der Waals surface area contributed by atoms with E-state index >= 15 is 0 Å². The van der Waals surface area contributed by atoms with Crippen molar-refractivity contribution in [1.29, 1.82) is 0 Å². The van der Waals surface area contributed by atoms with Crippen molar-refractivity contribution in [2.45, 2.75) is 6.42 Å². The van der Waals surface area contributed by atoms with Crippen molar-refractivity contribution in [2.24, 2.45) is 5.11 Å². The summed E-state index contributed by atoms with van der Waals surface area (Å²) in [5.74, 6) is 0.854. The molecule has 0 N–H and O–H groups in total. The van der Waals surface area contributed by atoms with Crippen molar-refractivity contribution in [2.75, 3.05) is 6.54 Å². The Morgan fingerprint density at radius 2 is 2.60 bits per heavy atom. The lowest BCUT2D eigenvalue weighted by Gasteiger charge is -1.86. The summed E-state index contributed by atoms with van der Waals surface area (Å²) < 4.78 is 5.00. The zero-order valence-corrected chi connectivity index (χ0v) is 5.40. The van der Waals surface area contributed by atoms with Crippen LogP contribution in [0.2, 0.25) is 0 Å². The average molecular weight is 137 g/mol. The van der Waals surface area contributed by atoms with Gasteiger partial charge in [0, 0.05) is 17.9 Å². The molecule has 52 valence electrons. The second kappa shape index (κ2) is 3.58. The van der Waals surface area contributed by atoms with E-state index in [0.717, 1.165) is 5.76 Å². The highest BCUT2D eigenvalue weighted by Gasteiger charge is 1.91. The molecule has 1 aromatic heterocycles. The molecule has 0 unspecified atom stereocenters. The molecule has 10 heavy (non-hydrogen) atoms. The van der Waals surface area contributed by atoms with Crippen LogP contribution in [0.5, 0.6) is 0 Å². The Labute approximate surface area is 58.1 Å². The van der Waals surface area contributed by atoms with Crippen LogP contribution in [0.3, 0.4) is 0 Å². The third-order valence-corrected chi connectivity index (χ3v) is 1.10. The Bertz CT molecular complexity index is 223. The highest BCUT2D eigenvalue weighted by molar-refractivity contribution is 4.98. The molecular weight excluding hydrogens is 130 g/mol. The maximum Gasteiger partial charge on any atom is 0.103 e. The molecule has 0 radical (unpaired) electrons. The summed E-state index contributed by atoms with van der Waals surface area (Å²) >= 11 is 0. The van der Waals surface area contributed by atoms with Gasteiger partial charge < -0.3 is 4.42 Å². The van der Waals surface area contributed by atoms with E-state index in [1.54, 1.807) is 6.26 Å². The zero-order chi connectivity index (χ0) is 7.23. The lowest BCUT2D eigenvalue weighted by Crippen LogP contribution is -1.83. The van der Waals surface area contributed by atoms with E-state index in [1.807, 2.05) is 12.1 Å². The fourth-order valence-electron chi connectivity index (χ4n) is 0.660. The molecule has 1 rings (SSSR count). The van der Waals surface area contributed by atoms with Gasteiger partial charge in [-0.3, -0.25) is 0 Å². The number of hydrogen-bond donors (Lipinski definition) is 0. The Balaban J connectivity index is 2.34. The van der Waals surface area contributed by atoms with Crippen LogP contribution in [0.15, 0.2) is 27.9 Å². The van der Waals surface area contributed by atoms with Crippen LogP contribution in [0.1, 0.15) is 5.76 Å². The quantitative estimate of drug-likeness (QED) is 0.357. The lowest BCUT2D eigenvalue weighted by molar-refractivity contribution is 0.510. The maximum atomic E-state index is 7.92. The standard InChI is InChI=1S/C6H7N3O/c7-9-8-4-3-6-2-1-5-10-6/h1-2,5H,3-4H2.